The molecule has 4 heterocycles. The lowest BCUT2D eigenvalue weighted by molar-refractivity contribution is -0.165. The summed E-state index contributed by atoms with van der Waals surface area (Å²) in [5, 5.41) is 0.975. The number of carbonyl (C=O) groups is 2. The Kier molecular flexibility index (Phi) is 4.33. The van der Waals surface area contributed by atoms with Crippen molar-refractivity contribution in [3.8, 4) is 17.1 Å². The normalized spacial score (nSPS) is 16.5. The quantitative estimate of drug-likeness (QED) is 0.282. The molecular weight excluding hydrogens is 407 g/mol. The second kappa shape index (κ2) is 6.92. The Morgan fingerprint density at radius 2 is 2.13 bits per heavy atom. The number of fused-ring (bicyclic) bond motifs is 5. The van der Waals surface area contributed by atoms with Gasteiger partial charge in [0.15, 0.2) is 0 Å². The summed E-state index contributed by atoms with van der Waals surface area (Å²) in [4.78, 5) is 41.0. The van der Waals surface area contributed by atoms with E-state index in [4.69, 9.17) is 19.0 Å². The minimum Gasteiger partial charge on any atom is -0.480 e. The molecule has 2 aliphatic heterocycles. The lowest BCUT2D eigenvalue weighted by Gasteiger charge is -2.23. The third-order valence-electron chi connectivity index (χ3n) is 5.71. The van der Waals surface area contributed by atoms with E-state index >= 15 is 0 Å². The fraction of sp³-hybridized carbons (Fsp3) is 0.238. The summed E-state index contributed by atoms with van der Waals surface area (Å²) in [6.07, 6.45) is -0.496. The van der Waals surface area contributed by atoms with Gasteiger partial charge in [0.1, 0.15) is 12.4 Å². The van der Waals surface area contributed by atoms with Crippen molar-refractivity contribution in [1.29, 1.82) is 0 Å². The molecule has 2 aromatic heterocycles. The first-order valence-corrected chi connectivity index (χ1v) is 9.89. The molecule has 0 saturated heterocycles. The van der Waals surface area contributed by atoms with Crippen LogP contribution in [0.3, 0.4) is 0 Å². The van der Waals surface area contributed by atoms with E-state index in [2.05, 4.69) is 16.4 Å². The van der Waals surface area contributed by atoms with Crippen LogP contribution in [0.5, 0.6) is 5.75 Å². The summed E-state index contributed by atoms with van der Waals surface area (Å²) in [6, 6.07) is 7.36. The predicted octanol–water partition coefficient (Wildman–Crippen LogP) is 2.43. The van der Waals surface area contributed by atoms with Gasteiger partial charge in [0, 0.05) is 16.5 Å². The number of ether oxygens (including phenoxy) is 2. The maximum absolute atomic E-state index is 13.2. The number of carbonyl (C=O) groups excluding carboxylic acids is 2. The lowest BCUT2D eigenvalue weighted by atomic mass is 9.97. The van der Waals surface area contributed by atoms with Crippen molar-refractivity contribution >= 4 is 32.8 Å². The summed E-state index contributed by atoms with van der Waals surface area (Å²) in [5.41, 5.74) is 4.54. The minimum absolute atomic E-state index is 0.146. The first-order valence-electron chi connectivity index (χ1n) is 9.42. The average Bonchev–Trinajstić information content (AvgIpc) is 3.12. The first kappa shape index (κ1) is 18.8. The van der Waals surface area contributed by atoms with Gasteiger partial charge in [-0.05, 0) is 36.2 Å². The van der Waals surface area contributed by atoms with Gasteiger partial charge in [-0.3, -0.25) is 9.59 Å². The Hall–Kier alpha value is -3.25. The number of aromatic nitrogens is 2. The third-order valence-corrected chi connectivity index (χ3v) is 5.98. The summed E-state index contributed by atoms with van der Waals surface area (Å²) < 4.78 is 16.9. The molecule has 2 unspecified atom stereocenters. The van der Waals surface area contributed by atoms with E-state index in [9.17, 15) is 14.4 Å². The Morgan fingerprint density at radius 1 is 1.30 bits per heavy atom. The fourth-order valence-electron chi connectivity index (χ4n) is 4.34. The van der Waals surface area contributed by atoms with Gasteiger partial charge in [-0.15, -0.1) is 0 Å². The number of rotatable bonds is 4. The standard InChI is InChI=1S/C21H17N2O6P/c1-2-11-12-5-10(29-30)3-4-16(12)22-18-14(11)7-23-17(18)6-13-15(20(23)25)8-27-21(26)19(13)28-9-24/h3-6,9,19H,2,7-8,30H2,1H3. The summed E-state index contributed by atoms with van der Waals surface area (Å²) in [6.45, 7) is 2.47. The van der Waals surface area contributed by atoms with Crippen LogP contribution in [0.1, 0.15) is 35.3 Å². The number of pyridine rings is 2. The van der Waals surface area contributed by atoms with Crippen molar-refractivity contribution in [2.45, 2.75) is 32.6 Å². The van der Waals surface area contributed by atoms with Crippen LogP contribution in [-0.4, -0.2) is 22.0 Å². The molecule has 5 rings (SSSR count). The van der Waals surface area contributed by atoms with Gasteiger partial charge in [-0.1, -0.05) is 6.92 Å². The molecule has 0 saturated carbocycles. The van der Waals surface area contributed by atoms with Crippen LogP contribution in [0.15, 0.2) is 29.1 Å². The zero-order chi connectivity index (χ0) is 21.0. The molecule has 0 radical (unpaired) electrons. The van der Waals surface area contributed by atoms with E-state index in [1.807, 2.05) is 18.2 Å². The number of cyclic esters (lactones) is 1. The van der Waals surface area contributed by atoms with Gasteiger partial charge in [0.05, 0.1) is 38.5 Å². The van der Waals surface area contributed by atoms with Crippen LogP contribution in [-0.2, 0) is 38.6 Å². The molecule has 9 heteroatoms. The summed E-state index contributed by atoms with van der Waals surface area (Å²) >= 11 is 0. The molecule has 8 nitrogen and oxygen atoms in total. The van der Waals surface area contributed by atoms with Gasteiger partial charge in [0.2, 0.25) is 6.10 Å². The molecular formula is C21H17N2O6P. The molecule has 1 aromatic carbocycles. The average molecular weight is 424 g/mol. The Balaban J connectivity index is 1.78. The van der Waals surface area contributed by atoms with Gasteiger partial charge in [-0.2, -0.15) is 0 Å². The molecule has 0 amide bonds. The van der Waals surface area contributed by atoms with Crippen LogP contribution in [0.2, 0.25) is 0 Å². The van der Waals surface area contributed by atoms with Crippen molar-refractivity contribution in [3.63, 3.8) is 0 Å². The number of hydrogen-bond donors (Lipinski definition) is 0. The van der Waals surface area contributed by atoms with Gasteiger partial charge in [0.25, 0.3) is 12.0 Å². The van der Waals surface area contributed by atoms with Crippen LogP contribution in [0.4, 0.5) is 0 Å². The second-order valence-electron chi connectivity index (χ2n) is 7.14. The zero-order valence-electron chi connectivity index (χ0n) is 16.0. The number of nitrogens with zero attached hydrogens (tertiary/aromatic N) is 2. The highest BCUT2D eigenvalue weighted by Crippen LogP contribution is 2.39. The van der Waals surface area contributed by atoms with Crippen LogP contribution >= 0.6 is 9.47 Å². The van der Waals surface area contributed by atoms with Crippen molar-refractivity contribution in [2.24, 2.45) is 0 Å². The molecule has 3 aromatic rings. The zero-order valence-corrected chi connectivity index (χ0v) is 17.2. The molecule has 0 fully saturated rings. The van der Waals surface area contributed by atoms with Crippen molar-refractivity contribution in [1.82, 2.24) is 9.55 Å². The Labute approximate surface area is 173 Å². The third kappa shape index (κ3) is 2.57. The van der Waals surface area contributed by atoms with Crippen LogP contribution < -0.4 is 10.1 Å². The molecule has 2 aliphatic rings. The highest BCUT2D eigenvalue weighted by molar-refractivity contribution is 7.10. The maximum Gasteiger partial charge on any atom is 0.352 e. The van der Waals surface area contributed by atoms with Gasteiger partial charge in [-0.25, -0.2) is 9.78 Å². The molecule has 152 valence electrons. The highest BCUT2D eigenvalue weighted by atomic mass is 31.0. The van der Waals surface area contributed by atoms with Crippen LogP contribution in [0.25, 0.3) is 22.3 Å². The largest absolute Gasteiger partial charge is 0.480 e. The molecule has 0 N–H and O–H groups in total. The van der Waals surface area contributed by atoms with Crippen LogP contribution in [0, 0.1) is 0 Å². The van der Waals surface area contributed by atoms with Crippen molar-refractivity contribution in [2.75, 3.05) is 0 Å². The van der Waals surface area contributed by atoms with Gasteiger partial charge >= 0.3 is 5.97 Å². The van der Waals surface area contributed by atoms with E-state index in [-0.39, 0.29) is 18.6 Å². The number of aryl methyl sites for hydroxylation is 1. The topological polar surface area (TPSA) is 96.7 Å². The summed E-state index contributed by atoms with van der Waals surface area (Å²) in [7, 11) is 2.23. The van der Waals surface area contributed by atoms with E-state index in [1.54, 1.807) is 10.6 Å². The predicted molar refractivity (Wildman–Crippen MR) is 110 cm³/mol. The molecule has 0 aliphatic carbocycles. The molecule has 0 bridgehead atoms. The maximum atomic E-state index is 13.2. The van der Waals surface area contributed by atoms with E-state index in [0.29, 0.717) is 34.8 Å². The lowest BCUT2D eigenvalue weighted by Crippen LogP contribution is -2.33. The number of benzene rings is 1. The first-order chi connectivity index (χ1) is 14.6. The van der Waals surface area contributed by atoms with Crippen molar-refractivity contribution in [3.05, 3.63) is 56.9 Å². The Bertz CT molecular complexity index is 1300. The summed E-state index contributed by atoms with van der Waals surface area (Å²) in [5.74, 6) is 0.0134. The Morgan fingerprint density at radius 3 is 2.87 bits per heavy atom. The fourth-order valence-corrected chi connectivity index (χ4v) is 4.48. The smallest absolute Gasteiger partial charge is 0.352 e. The van der Waals surface area contributed by atoms with E-state index in [1.165, 1.54) is 0 Å². The monoisotopic (exact) mass is 424 g/mol. The highest BCUT2D eigenvalue weighted by Gasteiger charge is 2.36. The molecule has 2 atom stereocenters. The van der Waals surface area contributed by atoms with Crippen molar-refractivity contribution < 1.29 is 23.6 Å². The second-order valence-corrected chi connectivity index (χ2v) is 7.38. The SMILES string of the molecule is CCc1c2c(nc3ccc(OP)cc13)-c1cc3c(c(=O)n1C2)COC(=O)C3OC=O. The number of hydrogen-bond acceptors (Lipinski definition) is 7. The van der Waals surface area contributed by atoms with E-state index < -0.39 is 12.1 Å². The minimum atomic E-state index is -1.25. The van der Waals surface area contributed by atoms with E-state index in [0.717, 1.165) is 28.5 Å². The number of esters is 1. The molecule has 30 heavy (non-hydrogen) atoms. The molecule has 0 spiro atoms. The van der Waals surface area contributed by atoms with Gasteiger partial charge < -0.3 is 18.6 Å².